The van der Waals surface area contributed by atoms with E-state index in [-0.39, 0.29) is 0 Å². The van der Waals surface area contributed by atoms with E-state index in [1.165, 1.54) is 0 Å². The molecule has 0 fully saturated rings. The topological polar surface area (TPSA) is 35.5 Å². The van der Waals surface area contributed by atoms with Gasteiger partial charge in [-0.2, -0.15) is 0 Å². The molecule has 4 heteroatoms. The highest BCUT2D eigenvalue weighted by atomic mass is 35.5. The summed E-state index contributed by atoms with van der Waals surface area (Å²) < 4.78 is 11.5. The molecule has 0 saturated heterocycles. The van der Waals surface area contributed by atoms with Crippen molar-refractivity contribution in [2.24, 2.45) is 0 Å². The highest BCUT2D eigenvalue weighted by molar-refractivity contribution is 6.33. The molecule has 28 heavy (non-hydrogen) atoms. The van der Waals surface area contributed by atoms with E-state index < -0.39 is 11.6 Å². The third kappa shape index (κ3) is 5.14. The fourth-order valence-corrected chi connectivity index (χ4v) is 3.01. The first kappa shape index (κ1) is 20.0. The molecule has 0 spiro atoms. The first-order valence-electron chi connectivity index (χ1n) is 9.12. The van der Waals surface area contributed by atoms with Gasteiger partial charge in [0.1, 0.15) is 18.0 Å². The summed E-state index contributed by atoms with van der Waals surface area (Å²) >= 11 is 6.37. The number of rotatable bonds is 5. The molecule has 0 saturated carbocycles. The molecule has 3 aromatic rings. The molecule has 3 nitrogen and oxygen atoms in total. The monoisotopic (exact) mass is 394 g/mol. The molecule has 0 bridgehead atoms. The van der Waals surface area contributed by atoms with E-state index in [2.05, 4.69) is 0 Å². The van der Waals surface area contributed by atoms with E-state index >= 15 is 0 Å². The molecule has 0 N–H and O–H groups in total. The van der Waals surface area contributed by atoms with Crippen LogP contribution in [0.25, 0.3) is 11.1 Å². The fraction of sp³-hybridized carbons (Fsp3) is 0.208. The van der Waals surface area contributed by atoms with Gasteiger partial charge in [0.25, 0.3) is 0 Å². The third-order valence-corrected chi connectivity index (χ3v) is 4.35. The van der Waals surface area contributed by atoms with Crippen LogP contribution >= 0.6 is 11.6 Å². The Bertz CT molecular complexity index is 959. The lowest BCUT2D eigenvalue weighted by Gasteiger charge is -2.21. The van der Waals surface area contributed by atoms with E-state index in [1.54, 1.807) is 12.1 Å². The quantitative estimate of drug-likeness (QED) is 0.461. The van der Waals surface area contributed by atoms with Crippen molar-refractivity contribution in [1.82, 2.24) is 0 Å². The molecule has 3 rings (SSSR count). The van der Waals surface area contributed by atoms with Crippen LogP contribution < -0.4 is 4.74 Å². The van der Waals surface area contributed by atoms with E-state index in [0.29, 0.717) is 28.5 Å². The van der Waals surface area contributed by atoms with Gasteiger partial charge < -0.3 is 9.47 Å². The first-order chi connectivity index (χ1) is 13.3. The maximum absolute atomic E-state index is 12.9. The lowest BCUT2D eigenvalue weighted by Crippen LogP contribution is -2.24. The molecule has 0 aromatic heterocycles. The molecule has 0 amide bonds. The molecule has 3 aromatic carbocycles. The average Bonchev–Trinajstić information content (AvgIpc) is 2.66. The molecule has 0 radical (unpaired) electrons. The minimum atomic E-state index is -0.601. The van der Waals surface area contributed by atoms with Gasteiger partial charge in [-0.15, -0.1) is 0 Å². The molecule has 0 aliphatic rings. The number of ether oxygens (including phenoxy) is 2. The highest BCUT2D eigenvalue weighted by Crippen LogP contribution is 2.33. The number of carbonyl (C=O) groups is 1. The molecule has 0 aliphatic heterocycles. The maximum Gasteiger partial charge on any atom is 0.339 e. The standard InChI is InChI=1S/C24H23ClO3/c1-24(2,3)28-23(26)21-15-18(27-16-17-9-5-4-6-10-17)13-14-19(21)20-11-7-8-12-22(20)25/h4-15H,16H2,1-3H3. The van der Waals surface area contributed by atoms with Crippen molar-refractivity contribution >= 4 is 17.6 Å². The zero-order chi connectivity index (χ0) is 20.1. The summed E-state index contributed by atoms with van der Waals surface area (Å²) in [7, 11) is 0. The summed E-state index contributed by atoms with van der Waals surface area (Å²) in [5, 5.41) is 0.574. The SMILES string of the molecule is CC(C)(C)OC(=O)c1cc(OCc2ccccc2)ccc1-c1ccccc1Cl. The van der Waals surface area contributed by atoms with Gasteiger partial charge in [0.15, 0.2) is 0 Å². The zero-order valence-corrected chi connectivity index (χ0v) is 17.0. The Balaban J connectivity index is 1.96. The molecular weight excluding hydrogens is 372 g/mol. The lowest BCUT2D eigenvalue weighted by molar-refractivity contribution is 0.00700. The van der Waals surface area contributed by atoms with Crippen LogP contribution in [0.3, 0.4) is 0 Å². The van der Waals surface area contributed by atoms with Crippen molar-refractivity contribution in [3.63, 3.8) is 0 Å². The summed E-state index contributed by atoms with van der Waals surface area (Å²) in [6.45, 7) is 5.95. The third-order valence-electron chi connectivity index (χ3n) is 4.02. The van der Waals surface area contributed by atoms with Gasteiger partial charge in [0, 0.05) is 10.6 Å². The van der Waals surface area contributed by atoms with Crippen LogP contribution in [0, 0.1) is 0 Å². The summed E-state index contributed by atoms with van der Waals surface area (Å²) in [6.07, 6.45) is 0. The van der Waals surface area contributed by atoms with E-state index in [4.69, 9.17) is 21.1 Å². The van der Waals surface area contributed by atoms with Crippen molar-refractivity contribution in [2.45, 2.75) is 33.0 Å². The smallest absolute Gasteiger partial charge is 0.339 e. The second-order valence-electron chi connectivity index (χ2n) is 7.46. The number of benzene rings is 3. The Morgan fingerprint density at radius 3 is 2.25 bits per heavy atom. The summed E-state index contributed by atoms with van der Waals surface area (Å²) in [5.74, 6) is 0.188. The summed E-state index contributed by atoms with van der Waals surface area (Å²) in [6, 6.07) is 22.7. The molecule has 0 unspecified atom stereocenters. The number of esters is 1. The Morgan fingerprint density at radius 2 is 1.57 bits per heavy atom. The van der Waals surface area contributed by atoms with Crippen molar-refractivity contribution in [3.8, 4) is 16.9 Å². The largest absolute Gasteiger partial charge is 0.489 e. The van der Waals surface area contributed by atoms with E-state index in [0.717, 1.165) is 11.1 Å². The van der Waals surface area contributed by atoms with Crippen molar-refractivity contribution < 1.29 is 14.3 Å². The van der Waals surface area contributed by atoms with Gasteiger partial charge in [0.2, 0.25) is 0 Å². The molecular formula is C24H23ClO3. The number of hydrogen-bond acceptors (Lipinski definition) is 3. The number of hydrogen-bond donors (Lipinski definition) is 0. The molecule has 0 heterocycles. The lowest BCUT2D eigenvalue weighted by atomic mass is 9.99. The van der Waals surface area contributed by atoms with E-state index in [9.17, 15) is 4.79 Å². The van der Waals surface area contributed by atoms with Crippen LogP contribution in [0.5, 0.6) is 5.75 Å². The Hall–Kier alpha value is -2.78. The summed E-state index contributed by atoms with van der Waals surface area (Å²) in [5.41, 5.74) is 2.37. The van der Waals surface area contributed by atoms with Crippen LogP contribution in [0.1, 0.15) is 36.7 Å². The Morgan fingerprint density at radius 1 is 0.893 bits per heavy atom. The molecule has 144 valence electrons. The van der Waals surface area contributed by atoms with Crippen LogP contribution in [0.2, 0.25) is 5.02 Å². The van der Waals surface area contributed by atoms with Gasteiger partial charge >= 0.3 is 5.97 Å². The average molecular weight is 395 g/mol. The van der Waals surface area contributed by atoms with Crippen LogP contribution in [0.15, 0.2) is 72.8 Å². The van der Waals surface area contributed by atoms with E-state index in [1.807, 2.05) is 81.4 Å². The van der Waals surface area contributed by atoms with Gasteiger partial charge in [0.05, 0.1) is 5.56 Å². The van der Waals surface area contributed by atoms with Crippen molar-refractivity contribution in [2.75, 3.05) is 0 Å². The Kier molecular flexibility index (Phi) is 6.05. The predicted molar refractivity (Wildman–Crippen MR) is 113 cm³/mol. The fourth-order valence-electron chi connectivity index (χ4n) is 2.77. The second-order valence-corrected chi connectivity index (χ2v) is 7.87. The van der Waals surface area contributed by atoms with Gasteiger partial charge in [-0.3, -0.25) is 0 Å². The first-order valence-corrected chi connectivity index (χ1v) is 9.50. The van der Waals surface area contributed by atoms with Gasteiger partial charge in [-0.25, -0.2) is 4.79 Å². The highest BCUT2D eigenvalue weighted by Gasteiger charge is 2.22. The maximum atomic E-state index is 12.9. The molecule has 0 atom stereocenters. The minimum Gasteiger partial charge on any atom is -0.489 e. The predicted octanol–water partition coefficient (Wildman–Crippen LogP) is 6.54. The van der Waals surface area contributed by atoms with Crippen LogP contribution in [-0.2, 0) is 11.3 Å². The van der Waals surface area contributed by atoms with Crippen molar-refractivity contribution in [3.05, 3.63) is 88.9 Å². The summed E-state index contributed by atoms with van der Waals surface area (Å²) in [4.78, 5) is 12.9. The van der Waals surface area contributed by atoms with Crippen LogP contribution in [-0.4, -0.2) is 11.6 Å². The normalized spacial score (nSPS) is 11.1. The minimum absolute atomic E-state index is 0.410. The number of halogens is 1. The second kappa shape index (κ2) is 8.49. The number of carbonyl (C=O) groups excluding carboxylic acids is 1. The van der Waals surface area contributed by atoms with Gasteiger partial charge in [-0.1, -0.05) is 60.1 Å². The van der Waals surface area contributed by atoms with Gasteiger partial charge in [-0.05, 0) is 56.2 Å². The van der Waals surface area contributed by atoms with Crippen LogP contribution in [0.4, 0.5) is 0 Å². The Labute approximate surface area is 170 Å². The van der Waals surface area contributed by atoms with Crippen molar-refractivity contribution in [1.29, 1.82) is 0 Å². The molecule has 0 aliphatic carbocycles. The zero-order valence-electron chi connectivity index (χ0n) is 16.2.